The Morgan fingerprint density at radius 3 is 2.68 bits per heavy atom. The summed E-state index contributed by atoms with van der Waals surface area (Å²) in [6, 6.07) is 11.3. The summed E-state index contributed by atoms with van der Waals surface area (Å²) in [4.78, 5) is 14.6. The molecule has 6 heteroatoms. The van der Waals surface area contributed by atoms with Gasteiger partial charge in [-0.05, 0) is 50.2 Å². The number of carbonyl (C=O) groups is 1. The lowest BCUT2D eigenvalue weighted by atomic mass is 9.95. The number of hydrogen-bond donors (Lipinski definition) is 2. The van der Waals surface area contributed by atoms with Gasteiger partial charge < -0.3 is 10.4 Å². The molecule has 1 heterocycles. The monoisotopic (exact) mass is 362 g/mol. The van der Waals surface area contributed by atoms with Crippen molar-refractivity contribution >= 4 is 23.2 Å². The van der Waals surface area contributed by atoms with Crippen molar-refractivity contribution in [1.29, 1.82) is 0 Å². The molecular weight excluding hydrogens is 343 g/mol. The van der Waals surface area contributed by atoms with Crippen molar-refractivity contribution in [2.45, 2.75) is 19.4 Å². The average molecular weight is 363 g/mol. The van der Waals surface area contributed by atoms with E-state index in [0.717, 1.165) is 13.1 Å². The highest BCUT2D eigenvalue weighted by atomic mass is 35.5. The molecule has 1 amide bonds. The quantitative estimate of drug-likeness (QED) is 0.807. The number of nitrogens with one attached hydrogen (secondary N) is 1. The molecular formula is C19H20ClFN2O2. The highest BCUT2D eigenvalue weighted by molar-refractivity contribution is 6.31. The number of carbonyl (C=O) groups excluding carboxylic acids is 1. The van der Waals surface area contributed by atoms with Gasteiger partial charge in [0.05, 0.1) is 5.69 Å². The highest BCUT2D eigenvalue weighted by Crippen LogP contribution is 2.28. The van der Waals surface area contributed by atoms with Crippen LogP contribution in [0, 0.1) is 11.7 Å². The van der Waals surface area contributed by atoms with Crippen molar-refractivity contribution in [3.05, 3.63) is 58.9 Å². The van der Waals surface area contributed by atoms with Crippen molar-refractivity contribution in [3.63, 3.8) is 0 Å². The molecule has 0 aromatic heterocycles. The van der Waals surface area contributed by atoms with Crippen LogP contribution in [0.1, 0.15) is 18.4 Å². The molecule has 0 radical (unpaired) electrons. The van der Waals surface area contributed by atoms with Gasteiger partial charge in [0.15, 0.2) is 0 Å². The number of amides is 1. The topological polar surface area (TPSA) is 52.6 Å². The van der Waals surface area contributed by atoms with E-state index >= 15 is 0 Å². The van der Waals surface area contributed by atoms with Gasteiger partial charge in [-0.3, -0.25) is 9.69 Å². The SMILES string of the molecule is O=C(Nc1cc(Cl)ccc1O)C1CCN(Cc2ccccc2F)CC1. The molecule has 0 spiro atoms. The fraction of sp³-hybridized carbons (Fsp3) is 0.316. The molecule has 0 saturated carbocycles. The lowest BCUT2D eigenvalue weighted by molar-refractivity contribution is -0.121. The standard InChI is InChI=1S/C19H20ClFN2O2/c20-15-5-6-18(24)17(11-15)22-19(25)13-7-9-23(10-8-13)12-14-3-1-2-4-16(14)21/h1-6,11,13,24H,7-10,12H2,(H,22,25). The molecule has 0 bridgehead atoms. The predicted octanol–water partition coefficient (Wildman–Crippen LogP) is 4.04. The van der Waals surface area contributed by atoms with Crippen LogP contribution in [-0.2, 0) is 11.3 Å². The summed E-state index contributed by atoms with van der Waals surface area (Å²) in [5.74, 6) is -0.452. The molecule has 0 aliphatic carbocycles. The number of halogens is 2. The Hall–Kier alpha value is -2.11. The number of nitrogens with zero attached hydrogens (tertiary/aromatic N) is 1. The van der Waals surface area contributed by atoms with Crippen molar-refractivity contribution < 1.29 is 14.3 Å². The van der Waals surface area contributed by atoms with Crippen LogP contribution in [0.25, 0.3) is 0 Å². The van der Waals surface area contributed by atoms with E-state index in [1.807, 2.05) is 6.07 Å². The smallest absolute Gasteiger partial charge is 0.227 e. The number of rotatable bonds is 4. The number of phenols is 1. The molecule has 1 aliphatic heterocycles. The maximum Gasteiger partial charge on any atom is 0.227 e. The Balaban J connectivity index is 1.54. The van der Waals surface area contributed by atoms with Gasteiger partial charge in [-0.25, -0.2) is 4.39 Å². The van der Waals surface area contributed by atoms with E-state index in [0.29, 0.717) is 35.7 Å². The zero-order chi connectivity index (χ0) is 17.8. The first-order valence-electron chi connectivity index (χ1n) is 8.28. The van der Waals surface area contributed by atoms with Gasteiger partial charge in [0.2, 0.25) is 5.91 Å². The Bertz CT molecular complexity index is 761. The zero-order valence-corrected chi connectivity index (χ0v) is 14.5. The lowest BCUT2D eigenvalue weighted by Crippen LogP contribution is -2.37. The van der Waals surface area contributed by atoms with E-state index in [-0.39, 0.29) is 23.4 Å². The molecule has 1 aliphatic rings. The fourth-order valence-electron chi connectivity index (χ4n) is 3.06. The average Bonchev–Trinajstić information content (AvgIpc) is 2.61. The summed E-state index contributed by atoms with van der Waals surface area (Å²) < 4.78 is 13.7. The second-order valence-corrected chi connectivity index (χ2v) is 6.73. The number of phenolic OH excluding ortho intramolecular Hbond substituents is 1. The van der Waals surface area contributed by atoms with Crippen molar-refractivity contribution in [2.75, 3.05) is 18.4 Å². The van der Waals surface area contributed by atoms with E-state index in [1.165, 1.54) is 18.2 Å². The van der Waals surface area contributed by atoms with Gasteiger partial charge in [0.1, 0.15) is 11.6 Å². The summed E-state index contributed by atoms with van der Waals surface area (Å²) >= 11 is 5.90. The van der Waals surface area contributed by atoms with Crippen molar-refractivity contribution in [3.8, 4) is 5.75 Å². The van der Waals surface area contributed by atoms with Crippen molar-refractivity contribution in [1.82, 2.24) is 4.90 Å². The predicted molar refractivity (Wildman–Crippen MR) is 96.1 cm³/mol. The van der Waals surface area contributed by atoms with Crippen LogP contribution in [-0.4, -0.2) is 29.0 Å². The number of benzene rings is 2. The normalized spacial score (nSPS) is 15.9. The third-order valence-corrected chi connectivity index (χ3v) is 4.76. The minimum absolute atomic E-state index is 0.00487. The Labute approximate surface area is 151 Å². The van der Waals surface area contributed by atoms with E-state index in [1.54, 1.807) is 18.2 Å². The molecule has 1 fully saturated rings. The summed E-state index contributed by atoms with van der Waals surface area (Å²) in [6.45, 7) is 2.01. The summed E-state index contributed by atoms with van der Waals surface area (Å²) in [7, 11) is 0. The third kappa shape index (κ3) is 4.50. The second-order valence-electron chi connectivity index (χ2n) is 6.29. The van der Waals surface area contributed by atoms with Crippen LogP contribution in [0.15, 0.2) is 42.5 Å². The highest BCUT2D eigenvalue weighted by Gasteiger charge is 2.26. The van der Waals surface area contributed by atoms with E-state index in [9.17, 15) is 14.3 Å². The minimum Gasteiger partial charge on any atom is -0.506 e. The van der Waals surface area contributed by atoms with E-state index in [4.69, 9.17) is 11.6 Å². The molecule has 2 aromatic rings. The molecule has 0 unspecified atom stereocenters. The number of piperidine rings is 1. The second kappa shape index (κ2) is 7.85. The minimum atomic E-state index is -0.196. The molecule has 2 N–H and O–H groups in total. The Morgan fingerprint density at radius 1 is 1.24 bits per heavy atom. The van der Waals surface area contributed by atoms with Crippen LogP contribution in [0.2, 0.25) is 5.02 Å². The molecule has 25 heavy (non-hydrogen) atoms. The summed E-state index contributed by atoms with van der Waals surface area (Å²) in [5.41, 5.74) is 1.00. The number of aromatic hydroxyl groups is 1. The Kier molecular flexibility index (Phi) is 5.56. The molecule has 2 aromatic carbocycles. The summed E-state index contributed by atoms with van der Waals surface area (Å²) in [6.07, 6.45) is 1.39. The molecule has 4 nitrogen and oxygen atoms in total. The van der Waals surface area contributed by atoms with Crippen LogP contribution in [0.5, 0.6) is 5.75 Å². The summed E-state index contributed by atoms with van der Waals surface area (Å²) in [5, 5.41) is 13.0. The van der Waals surface area contributed by atoms with Gasteiger partial charge in [0, 0.05) is 23.0 Å². The van der Waals surface area contributed by atoms with Gasteiger partial charge >= 0.3 is 0 Å². The first kappa shape index (κ1) is 17.7. The van der Waals surface area contributed by atoms with Gasteiger partial charge in [-0.15, -0.1) is 0 Å². The van der Waals surface area contributed by atoms with Crippen LogP contribution in [0.4, 0.5) is 10.1 Å². The van der Waals surface area contributed by atoms with Crippen LogP contribution >= 0.6 is 11.6 Å². The Morgan fingerprint density at radius 2 is 1.96 bits per heavy atom. The van der Waals surface area contributed by atoms with Gasteiger partial charge in [-0.2, -0.15) is 0 Å². The first-order chi connectivity index (χ1) is 12.0. The van der Waals surface area contributed by atoms with Crippen LogP contribution < -0.4 is 5.32 Å². The zero-order valence-electron chi connectivity index (χ0n) is 13.7. The largest absolute Gasteiger partial charge is 0.506 e. The van der Waals surface area contributed by atoms with E-state index in [2.05, 4.69) is 10.2 Å². The van der Waals surface area contributed by atoms with Crippen LogP contribution in [0.3, 0.4) is 0 Å². The number of hydrogen-bond acceptors (Lipinski definition) is 3. The molecule has 132 valence electrons. The molecule has 3 rings (SSSR count). The molecule has 1 saturated heterocycles. The number of anilines is 1. The van der Waals surface area contributed by atoms with Gasteiger partial charge in [-0.1, -0.05) is 29.8 Å². The maximum atomic E-state index is 13.7. The van der Waals surface area contributed by atoms with E-state index < -0.39 is 0 Å². The third-order valence-electron chi connectivity index (χ3n) is 4.53. The van der Waals surface area contributed by atoms with Gasteiger partial charge in [0.25, 0.3) is 0 Å². The maximum absolute atomic E-state index is 13.7. The fourth-order valence-corrected chi connectivity index (χ4v) is 3.24. The number of likely N-dealkylation sites (tertiary alicyclic amines) is 1. The first-order valence-corrected chi connectivity index (χ1v) is 8.66. The van der Waals surface area contributed by atoms with Crippen molar-refractivity contribution in [2.24, 2.45) is 5.92 Å². The molecule has 0 atom stereocenters. The lowest BCUT2D eigenvalue weighted by Gasteiger charge is -2.31.